The summed E-state index contributed by atoms with van der Waals surface area (Å²) in [5.74, 6) is 0.679. The van der Waals surface area contributed by atoms with Crippen LogP contribution in [0.2, 0.25) is 0 Å². The number of ether oxygens (including phenoxy) is 1. The van der Waals surface area contributed by atoms with Gasteiger partial charge in [0.05, 0.1) is 6.61 Å². The van der Waals surface area contributed by atoms with Crippen molar-refractivity contribution in [2.24, 2.45) is 5.92 Å². The second kappa shape index (κ2) is 6.59. The number of rotatable bonds is 6. The van der Waals surface area contributed by atoms with Gasteiger partial charge in [-0.15, -0.1) is 0 Å². The first kappa shape index (κ1) is 13.9. The molecule has 0 radical (unpaired) electrons. The van der Waals surface area contributed by atoms with E-state index in [0.29, 0.717) is 5.92 Å². The third-order valence-electron chi connectivity index (χ3n) is 4.41. The van der Waals surface area contributed by atoms with E-state index >= 15 is 0 Å². The van der Waals surface area contributed by atoms with Gasteiger partial charge in [-0.05, 0) is 43.2 Å². The Morgan fingerprint density at radius 3 is 2.90 bits per heavy atom. The largest absolute Gasteiger partial charge is 0.384 e. The van der Waals surface area contributed by atoms with Crippen molar-refractivity contribution in [2.75, 3.05) is 31.7 Å². The number of piperidine rings is 1. The van der Waals surface area contributed by atoms with E-state index < -0.39 is 0 Å². The van der Waals surface area contributed by atoms with Gasteiger partial charge in [0, 0.05) is 38.5 Å². The standard InChI is InChI=1S/C17H26N2O/c1-20-13-14-5-4-10-19(12-14)17-7-3-2-6-15(17)11-18-16-8-9-16/h2-3,6-7,14,16,18H,4-5,8-13H2,1H3. The van der Waals surface area contributed by atoms with Gasteiger partial charge in [-0.2, -0.15) is 0 Å². The molecule has 1 aromatic rings. The lowest BCUT2D eigenvalue weighted by Gasteiger charge is -2.35. The van der Waals surface area contributed by atoms with Gasteiger partial charge in [0.1, 0.15) is 0 Å². The van der Waals surface area contributed by atoms with Crippen LogP contribution in [0, 0.1) is 5.92 Å². The van der Waals surface area contributed by atoms with Crippen molar-refractivity contribution in [1.82, 2.24) is 5.32 Å². The molecule has 1 aliphatic heterocycles. The molecule has 1 atom stereocenters. The number of nitrogens with one attached hydrogen (secondary N) is 1. The molecule has 1 heterocycles. The number of benzene rings is 1. The Morgan fingerprint density at radius 1 is 1.25 bits per heavy atom. The van der Waals surface area contributed by atoms with Crippen molar-refractivity contribution in [2.45, 2.75) is 38.3 Å². The third kappa shape index (κ3) is 3.53. The Kier molecular flexibility index (Phi) is 4.58. The van der Waals surface area contributed by atoms with Crippen molar-refractivity contribution < 1.29 is 4.74 Å². The Morgan fingerprint density at radius 2 is 2.10 bits per heavy atom. The second-order valence-corrected chi connectivity index (χ2v) is 6.19. The highest BCUT2D eigenvalue weighted by Gasteiger charge is 2.23. The number of methoxy groups -OCH3 is 1. The maximum Gasteiger partial charge on any atom is 0.0507 e. The monoisotopic (exact) mass is 274 g/mol. The van der Waals surface area contributed by atoms with Gasteiger partial charge in [-0.25, -0.2) is 0 Å². The van der Waals surface area contributed by atoms with Gasteiger partial charge in [0.2, 0.25) is 0 Å². The third-order valence-corrected chi connectivity index (χ3v) is 4.41. The van der Waals surface area contributed by atoms with Crippen LogP contribution in [-0.2, 0) is 11.3 Å². The number of hydrogen-bond donors (Lipinski definition) is 1. The molecule has 20 heavy (non-hydrogen) atoms. The van der Waals surface area contributed by atoms with Crippen LogP contribution >= 0.6 is 0 Å². The highest BCUT2D eigenvalue weighted by Crippen LogP contribution is 2.27. The van der Waals surface area contributed by atoms with E-state index in [2.05, 4.69) is 34.5 Å². The van der Waals surface area contributed by atoms with E-state index in [-0.39, 0.29) is 0 Å². The average molecular weight is 274 g/mol. The van der Waals surface area contributed by atoms with Gasteiger partial charge in [0.25, 0.3) is 0 Å². The summed E-state index contributed by atoms with van der Waals surface area (Å²) in [7, 11) is 1.81. The highest BCUT2D eigenvalue weighted by molar-refractivity contribution is 5.54. The fourth-order valence-corrected chi connectivity index (χ4v) is 3.17. The molecule has 3 rings (SSSR count). The minimum absolute atomic E-state index is 0.679. The topological polar surface area (TPSA) is 24.5 Å². The van der Waals surface area contributed by atoms with Gasteiger partial charge < -0.3 is 15.0 Å². The Balaban J connectivity index is 1.67. The van der Waals surface area contributed by atoms with Crippen molar-refractivity contribution in [3.8, 4) is 0 Å². The zero-order valence-corrected chi connectivity index (χ0v) is 12.5. The Hall–Kier alpha value is -1.06. The van der Waals surface area contributed by atoms with Crippen LogP contribution in [0.15, 0.2) is 24.3 Å². The smallest absolute Gasteiger partial charge is 0.0507 e. The van der Waals surface area contributed by atoms with Crippen LogP contribution in [0.4, 0.5) is 5.69 Å². The van der Waals surface area contributed by atoms with Crippen LogP contribution in [0.1, 0.15) is 31.2 Å². The minimum Gasteiger partial charge on any atom is -0.384 e. The van der Waals surface area contributed by atoms with Gasteiger partial charge in [-0.1, -0.05) is 18.2 Å². The van der Waals surface area contributed by atoms with Crippen molar-refractivity contribution in [1.29, 1.82) is 0 Å². The van der Waals surface area contributed by atoms with E-state index in [0.717, 1.165) is 25.7 Å². The lowest BCUT2D eigenvalue weighted by atomic mass is 9.97. The van der Waals surface area contributed by atoms with Crippen molar-refractivity contribution in [3.63, 3.8) is 0 Å². The fourth-order valence-electron chi connectivity index (χ4n) is 3.17. The number of para-hydroxylation sites is 1. The van der Waals surface area contributed by atoms with E-state index in [1.165, 1.54) is 43.5 Å². The van der Waals surface area contributed by atoms with Gasteiger partial charge in [-0.3, -0.25) is 0 Å². The summed E-state index contributed by atoms with van der Waals surface area (Å²) in [6, 6.07) is 9.63. The number of anilines is 1. The maximum absolute atomic E-state index is 5.34. The molecule has 1 saturated carbocycles. The zero-order valence-electron chi connectivity index (χ0n) is 12.5. The molecule has 3 nitrogen and oxygen atoms in total. The molecular weight excluding hydrogens is 248 g/mol. The normalized spacial score (nSPS) is 23.1. The van der Waals surface area contributed by atoms with E-state index in [1.807, 2.05) is 7.11 Å². The summed E-state index contributed by atoms with van der Waals surface area (Å²) >= 11 is 0. The molecule has 1 aromatic carbocycles. The minimum atomic E-state index is 0.679. The van der Waals surface area contributed by atoms with Gasteiger partial charge >= 0.3 is 0 Å². The molecule has 0 bridgehead atoms. The van der Waals surface area contributed by atoms with Crippen LogP contribution in [0.5, 0.6) is 0 Å². The predicted molar refractivity (Wildman–Crippen MR) is 83.1 cm³/mol. The summed E-state index contributed by atoms with van der Waals surface area (Å²) in [5.41, 5.74) is 2.86. The number of nitrogens with zero attached hydrogens (tertiary/aromatic N) is 1. The van der Waals surface area contributed by atoms with Gasteiger partial charge in [0.15, 0.2) is 0 Å². The number of hydrogen-bond acceptors (Lipinski definition) is 3. The highest BCUT2D eigenvalue weighted by atomic mass is 16.5. The summed E-state index contributed by atoms with van der Waals surface area (Å²) in [6.07, 6.45) is 5.27. The first-order chi connectivity index (χ1) is 9.86. The molecule has 1 saturated heterocycles. The first-order valence-electron chi connectivity index (χ1n) is 7.92. The van der Waals surface area contributed by atoms with E-state index in [9.17, 15) is 0 Å². The molecule has 2 fully saturated rings. The molecule has 1 N–H and O–H groups in total. The molecular formula is C17H26N2O. The molecule has 0 spiro atoms. The zero-order chi connectivity index (χ0) is 13.8. The maximum atomic E-state index is 5.34. The van der Waals surface area contributed by atoms with Crippen molar-refractivity contribution in [3.05, 3.63) is 29.8 Å². The molecule has 3 heteroatoms. The molecule has 110 valence electrons. The van der Waals surface area contributed by atoms with Crippen LogP contribution < -0.4 is 10.2 Å². The molecule has 0 aromatic heterocycles. The summed E-state index contributed by atoms with van der Waals surface area (Å²) in [5, 5.41) is 3.64. The molecule has 1 aliphatic carbocycles. The Bertz CT molecular complexity index is 429. The second-order valence-electron chi connectivity index (χ2n) is 6.19. The first-order valence-corrected chi connectivity index (χ1v) is 7.92. The van der Waals surface area contributed by atoms with Crippen molar-refractivity contribution >= 4 is 5.69 Å². The molecule has 1 unspecified atom stereocenters. The lowest BCUT2D eigenvalue weighted by molar-refractivity contribution is 0.143. The van der Waals surface area contributed by atoms with E-state index in [4.69, 9.17) is 4.74 Å². The molecule has 2 aliphatic rings. The summed E-state index contributed by atoms with van der Waals surface area (Å²) in [6.45, 7) is 4.21. The summed E-state index contributed by atoms with van der Waals surface area (Å²) in [4.78, 5) is 2.55. The molecule has 0 amide bonds. The summed E-state index contributed by atoms with van der Waals surface area (Å²) < 4.78 is 5.34. The lowest BCUT2D eigenvalue weighted by Crippen LogP contribution is -2.37. The quantitative estimate of drug-likeness (QED) is 0.863. The predicted octanol–water partition coefficient (Wildman–Crippen LogP) is 2.80. The average Bonchev–Trinajstić information content (AvgIpc) is 3.30. The Labute approximate surface area is 122 Å². The van der Waals surface area contributed by atoms with Crippen LogP contribution in [-0.4, -0.2) is 32.8 Å². The van der Waals surface area contributed by atoms with E-state index in [1.54, 1.807) is 0 Å². The van der Waals surface area contributed by atoms with Crippen LogP contribution in [0.3, 0.4) is 0 Å². The SMILES string of the molecule is COCC1CCCN(c2ccccc2CNC2CC2)C1. The fraction of sp³-hybridized carbons (Fsp3) is 0.647. The van der Waals surface area contributed by atoms with Crippen LogP contribution in [0.25, 0.3) is 0 Å².